The van der Waals surface area contributed by atoms with E-state index in [-0.39, 0.29) is 0 Å². The van der Waals surface area contributed by atoms with Crippen LogP contribution in [0, 0.1) is 0 Å². The summed E-state index contributed by atoms with van der Waals surface area (Å²) in [6, 6.07) is 7.60. The summed E-state index contributed by atoms with van der Waals surface area (Å²) in [4.78, 5) is 11.2. The van der Waals surface area contributed by atoms with Gasteiger partial charge in [-0.2, -0.15) is 0 Å². The summed E-state index contributed by atoms with van der Waals surface area (Å²) < 4.78 is 0. The van der Waals surface area contributed by atoms with Crippen LogP contribution in [0.4, 0.5) is 0 Å². The molecule has 0 saturated carbocycles. The van der Waals surface area contributed by atoms with Crippen molar-refractivity contribution < 1.29 is 0 Å². The summed E-state index contributed by atoms with van der Waals surface area (Å²) in [5.74, 6) is 0. The normalized spacial score (nSPS) is 10.9. The largest absolute Gasteiger partial charge is 0.345 e. The predicted molar refractivity (Wildman–Crippen MR) is 69.3 cm³/mol. The van der Waals surface area contributed by atoms with Gasteiger partial charge in [-0.3, -0.25) is 0 Å². The average molecular weight is 264 g/mol. The smallest absolute Gasteiger partial charge is 0.142 e. The fraction of sp³-hybridized carbons (Fsp3) is 0. The van der Waals surface area contributed by atoms with Crippen molar-refractivity contribution in [2.24, 2.45) is 0 Å². The summed E-state index contributed by atoms with van der Waals surface area (Å²) in [7, 11) is 0. The lowest BCUT2D eigenvalue weighted by Crippen LogP contribution is -1.83. The number of hydrogen-bond acceptors (Lipinski definition) is 2. The SMILES string of the molecule is Clc1ccccc1-c1c[nH]c2ncnc(Cl)c12. The highest BCUT2D eigenvalue weighted by Crippen LogP contribution is 2.35. The van der Waals surface area contributed by atoms with Crippen LogP contribution in [0.15, 0.2) is 36.8 Å². The second-order valence-corrected chi connectivity index (χ2v) is 4.34. The first kappa shape index (κ1) is 10.6. The molecule has 2 aromatic heterocycles. The zero-order chi connectivity index (χ0) is 11.8. The van der Waals surface area contributed by atoms with E-state index in [9.17, 15) is 0 Å². The van der Waals surface area contributed by atoms with Gasteiger partial charge in [0.15, 0.2) is 0 Å². The first-order valence-electron chi connectivity index (χ1n) is 5.00. The van der Waals surface area contributed by atoms with Gasteiger partial charge in [0.2, 0.25) is 0 Å². The fourth-order valence-electron chi connectivity index (χ4n) is 1.82. The Bertz CT molecular complexity index is 691. The van der Waals surface area contributed by atoms with Gasteiger partial charge >= 0.3 is 0 Å². The number of hydrogen-bond donors (Lipinski definition) is 1. The maximum atomic E-state index is 6.17. The predicted octanol–water partition coefficient (Wildman–Crippen LogP) is 3.93. The summed E-state index contributed by atoms with van der Waals surface area (Å²) in [6.07, 6.45) is 3.27. The van der Waals surface area contributed by atoms with E-state index >= 15 is 0 Å². The molecule has 3 rings (SSSR count). The van der Waals surface area contributed by atoms with Crippen LogP contribution in [0.3, 0.4) is 0 Å². The van der Waals surface area contributed by atoms with Gasteiger partial charge in [0.1, 0.15) is 17.1 Å². The molecule has 1 N–H and O–H groups in total. The Morgan fingerprint density at radius 1 is 1.00 bits per heavy atom. The number of aromatic amines is 1. The number of rotatable bonds is 1. The summed E-state index contributed by atoms with van der Waals surface area (Å²) in [5, 5.41) is 1.89. The molecular weight excluding hydrogens is 257 g/mol. The minimum atomic E-state index is 0.422. The minimum absolute atomic E-state index is 0.422. The second kappa shape index (κ2) is 4.02. The highest BCUT2D eigenvalue weighted by atomic mass is 35.5. The molecule has 84 valence electrons. The molecule has 2 heterocycles. The highest BCUT2D eigenvalue weighted by Gasteiger charge is 2.12. The lowest BCUT2D eigenvalue weighted by atomic mass is 10.1. The third-order valence-corrected chi connectivity index (χ3v) is 3.20. The third kappa shape index (κ3) is 1.68. The zero-order valence-electron chi connectivity index (χ0n) is 8.61. The van der Waals surface area contributed by atoms with Gasteiger partial charge in [-0.1, -0.05) is 41.4 Å². The van der Waals surface area contributed by atoms with E-state index in [4.69, 9.17) is 23.2 Å². The van der Waals surface area contributed by atoms with Crippen LogP contribution < -0.4 is 0 Å². The number of benzene rings is 1. The van der Waals surface area contributed by atoms with E-state index in [1.165, 1.54) is 6.33 Å². The summed E-state index contributed by atoms with van der Waals surface area (Å²) in [6.45, 7) is 0. The van der Waals surface area contributed by atoms with Gasteiger partial charge < -0.3 is 4.98 Å². The molecule has 0 aliphatic carbocycles. The molecule has 17 heavy (non-hydrogen) atoms. The molecule has 0 atom stereocenters. The fourth-order valence-corrected chi connectivity index (χ4v) is 2.29. The first-order chi connectivity index (χ1) is 8.27. The second-order valence-electron chi connectivity index (χ2n) is 3.57. The number of halogens is 2. The number of nitrogens with one attached hydrogen (secondary N) is 1. The molecular formula is C12H7Cl2N3. The monoisotopic (exact) mass is 263 g/mol. The number of nitrogens with zero attached hydrogens (tertiary/aromatic N) is 2. The minimum Gasteiger partial charge on any atom is -0.345 e. The first-order valence-corrected chi connectivity index (χ1v) is 5.75. The Morgan fingerprint density at radius 3 is 2.65 bits per heavy atom. The molecule has 0 fully saturated rings. The van der Waals surface area contributed by atoms with Crippen LogP contribution >= 0.6 is 23.2 Å². The van der Waals surface area contributed by atoms with Crippen molar-refractivity contribution in [1.29, 1.82) is 0 Å². The topological polar surface area (TPSA) is 41.6 Å². The summed E-state index contributed by atoms with van der Waals surface area (Å²) >= 11 is 12.3. The molecule has 0 aliphatic heterocycles. The Morgan fingerprint density at radius 2 is 1.82 bits per heavy atom. The van der Waals surface area contributed by atoms with E-state index in [0.717, 1.165) is 16.5 Å². The van der Waals surface area contributed by atoms with Gasteiger partial charge in [0.25, 0.3) is 0 Å². The molecule has 3 aromatic rings. The van der Waals surface area contributed by atoms with Crippen LogP contribution in [0.25, 0.3) is 22.2 Å². The van der Waals surface area contributed by atoms with Crippen molar-refractivity contribution in [3.05, 3.63) is 47.0 Å². The standard InChI is InChI=1S/C12H7Cl2N3/c13-9-4-2-1-3-7(9)8-5-15-12-10(8)11(14)16-6-17-12/h1-6H,(H,15,16,17). The van der Waals surface area contributed by atoms with E-state index < -0.39 is 0 Å². The van der Waals surface area contributed by atoms with Crippen molar-refractivity contribution in [2.45, 2.75) is 0 Å². The molecule has 0 saturated heterocycles. The van der Waals surface area contributed by atoms with Crippen molar-refractivity contribution in [2.75, 3.05) is 0 Å². The lowest BCUT2D eigenvalue weighted by molar-refractivity contribution is 1.20. The molecule has 0 bridgehead atoms. The molecule has 0 spiro atoms. The van der Waals surface area contributed by atoms with Crippen LogP contribution in [0.2, 0.25) is 10.2 Å². The van der Waals surface area contributed by atoms with Crippen LogP contribution in [0.5, 0.6) is 0 Å². The molecule has 3 nitrogen and oxygen atoms in total. The maximum absolute atomic E-state index is 6.17. The van der Waals surface area contributed by atoms with Crippen LogP contribution in [-0.2, 0) is 0 Å². The molecule has 0 radical (unpaired) electrons. The van der Waals surface area contributed by atoms with E-state index in [2.05, 4.69) is 15.0 Å². The van der Waals surface area contributed by atoms with Gasteiger partial charge in [-0.25, -0.2) is 9.97 Å². The Kier molecular flexibility index (Phi) is 2.50. The van der Waals surface area contributed by atoms with Gasteiger partial charge in [0.05, 0.1) is 5.39 Å². The summed E-state index contributed by atoms with van der Waals surface area (Å²) in [5.41, 5.74) is 2.54. The van der Waals surface area contributed by atoms with Gasteiger partial charge in [-0.05, 0) is 6.07 Å². The van der Waals surface area contributed by atoms with Crippen molar-refractivity contribution >= 4 is 34.2 Å². The van der Waals surface area contributed by atoms with Crippen molar-refractivity contribution in [1.82, 2.24) is 15.0 Å². The number of fused-ring (bicyclic) bond motifs is 1. The van der Waals surface area contributed by atoms with Gasteiger partial charge in [0, 0.05) is 22.3 Å². The Labute approximate surface area is 107 Å². The van der Waals surface area contributed by atoms with E-state index in [1.807, 2.05) is 30.5 Å². The Hall–Kier alpha value is -1.58. The van der Waals surface area contributed by atoms with Crippen LogP contribution in [0.1, 0.15) is 0 Å². The maximum Gasteiger partial charge on any atom is 0.142 e. The van der Waals surface area contributed by atoms with Crippen LogP contribution in [-0.4, -0.2) is 15.0 Å². The molecule has 1 aromatic carbocycles. The highest BCUT2D eigenvalue weighted by molar-refractivity contribution is 6.36. The number of aromatic nitrogens is 3. The zero-order valence-corrected chi connectivity index (χ0v) is 10.1. The molecule has 0 amide bonds. The Balaban J connectivity index is 2.36. The number of H-pyrrole nitrogens is 1. The lowest BCUT2D eigenvalue weighted by Gasteiger charge is -2.02. The molecule has 0 unspecified atom stereocenters. The van der Waals surface area contributed by atoms with E-state index in [0.29, 0.717) is 15.8 Å². The van der Waals surface area contributed by atoms with E-state index in [1.54, 1.807) is 0 Å². The van der Waals surface area contributed by atoms with Crippen molar-refractivity contribution in [3.8, 4) is 11.1 Å². The quantitative estimate of drug-likeness (QED) is 0.676. The third-order valence-electron chi connectivity index (χ3n) is 2.59. The molecule has 0 aliphatic rings. The van der Waals surface area contributed by atoms with Crippen molar-refractivity contribution in [3.63, 3.8) is 0 Å². The molecule has 5 heteroatoms. The van der Waals surface area contributed by atoms with Gasteiger partial charge in [-0.15, -0.1) is 0 Å². The average Bonchev–Trinajstić information content (AvgIpc) is 2.75.